The van der Waals surface area contributed by atoms with Crippen LogP contribution in [0.4, 0.5) is 0 Å². The Morgan fingerprint density at radius 1 is 1.22 bits per heavy atom. The molecule has 1 aromatic rings. The van der Waals surface area contributed by atoms with Crippen LogP contribution in [0.3, 0.4) is 0 Å². The molecule has 1 aromatic heterocycles. The summed E-state index contributed by atoms with van der Waals surface area (Å²) in [6.07, 6.45) is 6.28. The Bertz CT molecular complexity index is 412. The molecule has 0 bridgehead atoms. The number of rotatable bonds is 1. The Balaban J connectivity index is 0.000000771. The van der Waals surface area contributed by atoms with Gasteiger partial charge in [-0.15, -0.1) is 0 Å². The van der Waals surface area contributed by atoms with Gasteiger partial charge < -0.3 is 9.64 Å². The van der Waals surface area contributed by atoms with Gasteiger partial charge in [0.1, 0.15) is 5.75 Å². The average Bonchev–Trinajstić information content (AvgIpc) is 2.58. The molecule has 0 spiro atoms. The quantitative estimate of drug-likeness (QED) is 0.765. The fourth-order valence-electron chi connectivity index (χ4n) is 1.38. The van der Waals surface area contributed by atoms with E-state index in [1.54, 1.807) is 12.4 Å². The van der Waals surface area contributed by atoms with Crippen LogP contribution in [0.5, 0.6) is 5.75 Å². The van der Waals surface area contributed by atoms with Gasteiger partial charge in [0.05, 0.1) is 0 Å². The first-order chi connectivity index (χ1) is 8.75. The molecule has 0 atom stereocenters. The lowest BCUT2D eigenvalue weighted by atomic mass is 10.2. The predicted octanol–water partition coefficient (Wildman–Crippen LogP) is 3.08. The Morgan fingerprint density at radius 3 is 2.56 bits per heavy atom. The summed E-state index contributed by atoms with van der Waals surface area (Å²) in [7, 11) is 1.98. The predicted molar refractivity (Wildman–Crippen MR) is 74.7 cm³/mol. The van der Waals surface area contributed by atoms with E-state index in [9.17, 15) is 0 Å². The molecule has 98 valence electrons. The number of pyridine rings is 1. The van der Waals surface area contributed by atoms with E-state index < -0.39 is 0 Å². The van der Waals surface area contributed by atoms with Crippen molar-refractivity contribution in [2.24, 2.45) is 4.99 Å². The van der Waals surface area contributed by atoms with Crippen LogP contribution in [-0.2, 0) is 0 Å². The van der Waals surface area contributed by atoms with Crippen molar-refractivity contribution in [1.29, 1.82) is 0 Å². The smallest absolute Gasteiger partial charge is 0.297 e. The van der Waals surface area contributed by atoms with Crippen LogP contribution in [0, 0.1) is 0 Å². The zero-order valence-electron chi connectivity index (χ0n) is 11.6. The minimum Gasteiger partial charge on any atom is -0.426 e. The fraction of sp³-hybridized carbons (Fsp3) is 0.429. The number of hydrogen-bond acceptors (Lipinski definition) is 4. The second-order valence-corrected chi connectivity index (χ2v) is 3.84. The van der Waals surface area contributed by atoms with Gasteiger partial charge in [-0.05, 0) is 25.5 Å². The molecular formula is C14H21N3O. The molecule has 1 aliphatic rings. The molecule has 0 saturated carbocycles. The summed E-state index contributed by atoms with van der Waals surface area (Å²) in [5.74, 6) is 0.758. The molecule has 0 aromatic carbocycles. The molecule has 18 heavy (non-hydrogen) atoms. The van der Waals surface area contributed by atoms with Gasteiger partial charge in [0.2, 0.25) is 0 Å². The van der Waals surface area contributed by atoms with Crippen molar-refractivity contribution in [3.05, 3.63) is 36.3 Å². The highest BCUT2D eigenvalue weighted by atomic mass is 16.5. The third-order valence-corrected chi connectivity index (χ3v) is 2.42. The largest absolute Gasteiger partial charge is 0.426 e. The van der Waals surface area contributed by atoms with Crippen molar-refractivity contribution < 1.29 is 4.74 Å². The maximum Gasteiger partial charge on any atom is 0.297 e. The molecule has 1 aliphatic heterocycles. The number of nitrogens with zero attached hydrogens (tertiary/aromatic N) is 3. The van der Waals surface area contributed by atoms with Crippen LogP contribution in [0.2, 0.25) is 0 Å². The molecule has 0 unspecified atom stereocenters. The van der Waals surface area contributed by atoms with Crippen molar-refractivity contribution in [1.82, 2.24) is 9.88 Å². The van der Waals surface area contributed by atoms with Crippen LogP contribution >= 0.6 is 0 Å². The molecule has 0 aliphatic carbocycles. The first-order valence-corrected chi connectivity index (χ1v) is 6.28. The molecule has 0 radical (unpaired) electrons. The van der Waals surface area contributed by atoms with Gasteiger partial charge in [-0.1, -0.05) is 19.4 Å². The van der Waals surface area contributed by atoms with E-state index in [1.807, 2.05) is 44.1 Å². The van der Waals surface area contributed by atoms with E-state index in [0.29, 0.717) is 6.02 Å². The molecule has 4 heteroatoms. The van der Waals surface area contributed by atoms with Crippen molar-refractivity contribution >= 4 is 6.02 Å². The summed E-state index contributed by atoms with van der Waals surface area (Å²) in [6.45, 7) is 7.00. The van der Waals surface area contributed by atoms with Crippen molar-refractivity contribution in [2.75, 3.05) is 13.6 Å². The molecule has 2 rings (SSSR count). The maximum atomic E-state index is 5.69. The van der Waals surface area contributed by atoms with E-state index in [1.165, 1.54) is 5.57 Å². The molecule has 0 saturated heterocycles. The van der Waals surface area contributed by atoms with Crippen LogP contribution < -0.4 is 4.74 Å². The van der Waals surface area contributed by atoms with Gasteiger partial charge in [0, 0.05) is 32.2 Å². The van der Waals surface area contributed by atoms with E-state index >= 15 is 0 Å². The van der Waals surface area contributed by atoms with Crippen molar-refractivity contribution in [2.45, 2.75) is 27.2 Å². The Labute approximate surface area is 109 Å². The monoisotopic (exact) mass is 247 g/mol. The molecular weight excluding hydrogens is 226 g/mol. The second-order valence-electron chi connectivity index (χ2n) is 3.84. The van der Waals surface area contributed by atoms with Crippen LogP contribution in [0.1, 0.15) is 27.2 Å². The van der Waals surface area contributed by atoms with Gasteiger partial charge in [-0.2, -0.15) is 0 Å². The number of aromatic nitrogens is 1. The maximum absolute atomic E-state index is 5.69. The summed E-state index contributed by atoms with van der Waals surface area (Å²) >= 11 is 0. The summed E-state index contributed by atoms with van der Waals surface area (Å²) in [4.78, 5) is 10.3. The van der Waals surface area contributed by atoms with E-state index in [-0.39, 0.29) is 0 Å². The average molecular weight is 247 g/mol. The van der Waals surface area contributed by atoms with Crippen molar-refractivity contribution in [3.63, 3.8) is 0 Å². The molecule has 0 fully saturated rings. The highest BCUT2D eigenvalue weighted by Crippen LogP contribution is 2.12. The third-order valence-electron chi connectivity index (χ3n) is 2.42. The highest BCUT2D eigenvalue weighted by molar-refractivity contribution is 5.77. The topological polar surface area (TPSA) is 37.7 Å². The molecule has 0 amide bonds. The standard InChI is InChI=1S/C12H15N3O.C2H6/c1-10-5-8-15(2)12(14-9-10)16-11-3-6-13-7-4-11;1-2/h3-4,6-7,9H,5,8H2,1-2H3;1-2H3. The van der Waals surface area contributed by atoms with Gasteiger partial charge in [-0.3, -0.25) is 4.98 Å². The minimum absolute atomic E-state index is 0.628. The number of amidine groups is 1. The summed E-state index contributed by atoms with van der Waals surface area (Å²) < 4.78 is 5.69. The first kappa shape index (κ1) is 14.2. The Hall–Kier alpha value is -1.84. The van der Waals surface area contributed by atoms with Gasteiger partial charge in [-0.25, -0.2) is 4.99 Å². The van der Waals surface area contributed by atoms with Gasteiger partial charge in [0.15, 0.2) is 0 Å². The summed E-state index contributed by atoms with van der Waals surface area (Å²) in [5.41, 5.74) is 1.26. The molecule has 0 N–H and O–H groups in total. The number of hydrogen-bond donors (Lipinski definition) is 0. The summed E-state index contributed by atoms with van der Waals surface area (Å²) in [6, 6.07) is 4.26. The van der Waals surface area contributed by atoms with E-state index in [2.05, 4.69) is 16.9 Å². The third kappa shape index (κ3) is 4.20. The van der Waals surface area contributed by atoms with Crippen LogP contribution in [0.25, 0.3) is 0 Å². The minimum atomic E-state index is 0.628. The zero-order chi connectivity index (χ0) is 13.4. The lowest BCUT2D eigenvalue weighted by Gasteiger charge is -2.18. The van der Waals surface area contributed by atoms with Crippen LogP contribution in [-0.4, -0.2) is 29.5 Å². The van der Waals surface area contributed by atoms with E-state index in [4.69, 9.17) is 4.74 Å². The Kier molecular flexibility index (Phi) is 5.91. The fourth-order valence-corrected chi connectivity index (χ4v) is 1.38. The van der Waals surface area contributed by atoms with E-state index in [0.717, 1.165) is 18.7 Å². The zero-order valence-corrected chi connectivity index (χ0v) is 11.6. The molecule has 2 heterocycles. The normalized spacial score (nSPS) is 14.8. The number of aliphatic imine (C=N–C) groups is 1. The second kappa shape index (κ2) is 7.48. The van der Waals surface area contributed by atoms with Gasteiger partial charge in [0.25, 0.3) is 6.02 Å². The van der Waals surface area contributed by atoms with Crippen molar-refractivity contribution in [3.8, 4) is 5.75 Å². The Morgan fingerprint density at radius 2 is 1.89 bits per heavy atom. The SMILES string of the molecule is CC.CC1=CN=C(Oc2ccncc2)N(C)CC1. The summed E-state index contributed by atoms with van der Waals surface area (Å²) in [5, 5.41) is 0. The lowest BCUT2D eigenvalue weighted by Crippen LogP contribution is -2.31. The molecule has 4 nitrogen and oxygen atoms in total. The lowest BCUT2D eigenvalue weighted by molar-refractivity contribution is 0.392. The first-order valence-electron chi connectivity index (χ1n) is 6.28. The number of ether oxygens (including phenoxy) is 1. The van der Waals surface area contributed by atoms with Crippen LogP contribution in [0.15, 0.2) is 41.3 Å². The van der Waals surface area contributed by atoms with Gasteiger partial charge >= 0.3 is 0 Å². The highest BCUT2D eigenvalue weighted by Gasteiger charge is 2.11.